The highest BCUT2D eigenvalue weighted by Gasteiger charge is 1.99. The molecule has 0 aliphatic heterocycles. The molecule has 0 spiro atoms. The van der Waals surface area contributed by atoms with Gasteiger partial charge in [-0.15, -0.1) is 0 Å². The smallest absolute Gasteiger partial charge is 0.314 e. The molecule has 0 fully saturated rings. The Hall–Kier alpha value is -0.770. The molecule has 0 radical (unpaired) electrons. The molecule has 0 aromatic heterocycles. The SMILES string of the molecule is CNC(=O)NCCCC(C)CN. The molecule has 0 saturated carbocycles. The van der Waals surface area contributed by atoms with Gasteiger partial charge in [-0.1, -0.05) is 6.92 Å². The van der Waals surface area contributed by atoms with Crippen molar-refractivity contribution in [3.8, 4) is 0 Å². The third kappa shape index (κ3) is 5.97. The molecule has 0 aromatic carbocycles. The van der Waals surface area contributed by atoms with Gasteiger partial charge in [0.1, 0.15) is 0 Å². The van der Waals surface area contributed by atoms with Crippen molar-refractivity contribution in [3.05, 3.63) is 0 Å². The molecule has 1 atom stereocenters. The molecule has 4 N–H and O–H groups in total. The first kappa shape index (κ1) is 11.2. The summed E-state index contributed by atoms with van der Waals surface area (Å²) in [6.45, 7) is 3.56. The summed E-state index contributed by atoms with van der Waals surface area (Å²) in [7, 11) is 1.61. The van der Waals surface area contributed by atoms with Crippen LogP contribution in [0.4, 0.5) is 4.79 Å². The Labute approximate surface area is 73.9 Å². The average Bonchev–Trinajstić information content (AvgIpc) is 2.11. The summed E-state index contributed by atoms with van der Waals surface area (Å²) < 4.78 is 0. The maximum Gasteiger partial charge on any atom is 0.314 e. The van der Waals surface area contributed by atoms with Gasteiger partial charge in [0.2, 0.25) is 0 Å². The first-order valence-corrected chi connectivity index (χ1v) is 4.36. The Morgan fingerprint density at radius 2 is 2.25 bits per heavy atom. The van der Waals surface area contributed by atoms with Crippen LogP contribution in [0.1, 0.15) is 19.8 Å². The fraction of sp³-hybridized carbons (Fsp3) is 0.875. The van der Waals surface area contributed by atoms with Crippen molar-refractivity contribution in [2.24, 2.45) is 11.7 Å². The maximum atomic E-state index is 10.7. The van der Waals surface area contributed by atoms with Crippen LogP contribution in [0.25, 0.3) is 0 Å². The molecule has 12 heavy (non-hydrogen) atoms. The van der Waals surface area contributed by atoms with Crippen molar-refractivity contribution in [1.29, 1.82) is 0 Å². The van der Waals surface area contributed by atoms with Gasteiger partial charge >= 0.3 is 6.03 Å². The Morgan fingerprint density at radius 3 is 2.75 bits per heavy atom. The minimum atomic E-state index is -0.115. The number of nitrogens with two attached hydrogens (primary N) is 1. The van der Waals surface area contributed by atoms with E-state index in [2.05, 4.69) is 17.6 Å². The van der Waals surface area contributed by atoms with Crippen LogP contribution in [0.3, 0.4) is 0 Å². The summed E-state index contributed by atoms with van der Waals surface area (Å²) in [5, 5.41) is 5.21. The molecule has 0 aliphatic rings. The summed E-state index contributed by atoms with van der Waals surface area (Å²) in [4.78, 5) is 10.7. The van der Waals surface area contributed by atoms with Crippen LogP contribution >= 0.6 is 0 Å². The van der Waals surface area contributed by atoms with Gasteiger partial charge in [0.25, 0.3) is 0 Å². The molecule has 72 valence electrons. The summed E-state index contributed by atoms with van der Waals surface area (Å²) >= 11 is 0. The second kappa shape index (κ2) is 6.91. The van der Waals surface area contributed by atoms with Crippen LogP contribution in [-0.2, 0) is 0 Å². The van der Waals surface area contributed by atoms with Gasteiger partial charge in [0, 0.05) is 13.6 Å². The highest BCUT2D eigenvalue weighted by molar-refractivity contribution is 5.73. The topological polar surface area (TPSA) is 67.2 Å². The highest BCUT2D eigenvalue weighted by Crippen LogP contribution is 2.01. The van der Waals surface area contributed by atoms with Crippen LogP contribution in [-0.4, -0.2) is 26.2 Å². The molecule has 4 nitrogen and oxygen atoms in total. The van der Waals surface area contributed by atoms with E-state index in [1.165, 1.54) is 0 Å². The second-order valence-corrected chi connectivity index (χ2v) is 2.99. The zero-order valence-corrected chi connectivity index (χ0v) is 7.89. The maximum absolute atomic E-state index is 10.7. The van der Waals surface area contributed by atoms with E-state index in [1.807, 2.05) is 0 Å². The monoisotopic (exact) mass is 173 g/mol. The van der Waals surface area contributed by atoms with Crippen molar-refractivity contribution < 1.29 is 4.79 Å². The Kier molecular flexibility index (Phi) is 6.47. The summed E-state index contributed by atoms with van der Waals surface area (Å²) in [6, 6.07) is -0.115. The number of hydrogen-bond acceptors (Lipinski definition) is 2. The molecule has 0 heterocycles. The standard InChI is InChI=1S/C8H19N3O/c1-7(6-9)4-3-5-11-8(12)10-2/h7H,3-6,9H2,1-2H3,(H2,10,11,12). The Balaban J connectivity index is 3.15. The van der Waals surface area contributed by atoms with E-state index in [9.17, 15) is 4.79 Å². The molecule has 0 bridgehead atoms. The zero-order chi connectivity index (χ0) is 9.40. The number of urea groups is 1. The molecule has 1 unspecified atom stereocenters. The third-order valence-electron chi connectivity index (χ3n) is 1.79. The minimum absolute atomic E-state index is 0.115. The van der Waals surface area contributed by atoms with E-state index in [0.29, 0.717) is 5.92 Å². The van der Waals surface area contributed by atoms with E-state index in [1.54, 1.807) is 7.05 Å². The molecule has 0 aliphatic carbocycles. The van der Waals surface area contributed by atoms with Gasteiger partial charge in [-0.05, 0) is 25.3 Å². The molecule has 0 aromatic rings. The van der Waals surface area contributed by atoms with Gasteiger partial charge in [0.15, 0.2) is 0 Å². The van der Waals surface area contributed by atoms with Gasteiger partial charge in [-0.25, -0.2) is 4.79 Å². The van der Waals surface area contributed by atoms with E-state index in [0.717, 1.165) is 25.9 Å². The average molecular weight is 173 g/mol. The first-order valence-electron chi connectivity index (χ1n) is 4.36. The number of carbonyl (C=O) groups is 1. The quantitative estimate of drug-likeness (QED) is 0.523. The number of nitrogens with one attached hydrogen (secondary N) is 2. The molecule has 4 heteroatoms. The highest BCUT2D eigenvalue weighted by atomic mass is 16.2. The van der Waals surface area contributed by atoms with E-state index in [4.69, 9.17) is 5.73 Å². The fourth-order valence-corrected chi connectivity index (χ4v) is 0.859. The van der Waals surface area contributed by atoms with Gasteiger partial charge in [-0.3, -0.25) is 0 Å². The van der Waals surface area contributed by atoms with Crippen molar-refractivity contribution in [2.75, 3.05) is 20.1 Å². The normalized spacial score (nSPS) is 12.2. The lowest BCUT2D eigenvalue weighted by Gasteiger charge is -2.08. The first-order chi connectivity index (χ1) is 5.70. The van der Waals surface area contributed by atoms with E-state index < -0.39 is 0 Å². The largest absolute Gasteiger partial charge is 0.341 e. The van der Waals surface area contributed by atoms with Crippen LogP contribution in [0, 0.1) is 5.92 Å². The molecule has 0 saturated heterocycles. The van der Waals surface area contributed by atoms with Gasteiger partial charge in [-0.2, -0.15) is 0 Å². The minimum Gasteiger partial charge on any atom is -0.341 e. The predicted octanol–water partition coefficient (Wildman–Crippen LogP) is 0.290. The summed E-state index contributed by atoms with van der Waals surface area (Å²) in [6.07, 6.45) is 2.06. The fourth-order valence-electron chi connectivity index (χ4n) is 0.859. The van der Waals surface area contributed by atoms with Crippen molar-refractivity contribution in [3.63, 3.8) is 0 Å². The number of amides is 2. The Morgan fingerprint density at radius 1 is 1.58 bits per heavy atom. The third-order valence-corrected chi connectivity index (χ3v) is 1.79. The lowest BCUT2D eigenvalue weighted by molar-refractivity contribution is 0.242. The predicted molar refractivity (Wildman–Crippen MR) is 49.9 cm³/mol. The number of carbonyl (C=O) groups excluding carboxylic acids is 1. The molecule has 0 rings (SSSR count). The van der Waals surface area contributed by atoms with Crippen LogP contribution in [0.5, 0.6) is 0 Å². The number of rotatable bonds is 5. The van der Waals surface area contributed by atoms with Crippen LogP contribution in [0.2, 0.25) is 0 Å². The van der Waals surface area contributed by atoms with E-state index in [-0.39, 0.29) is 6.03 Å². The van der Waals surface area contributed by atoms with Crippen molar-refractivity contribution >= 4 is 6.03 Å². The van der Waals surface area contributed by atoms with Crippen molar-refractivity contribution in [1.82, 2.24) is 10.6 Å². The van der Waals surface area contributed by atoms with Crippen LogP contribution in [0.15, 0.2) is 0 Å². The van der Waals surface area contributed by atoms with Gasteiger partial charge in [0.05, 0.1) is 0 Å². The molecular weight excluding hydrogens is 154 g/mol. The molecule has 2 amide bonds. The van der Waals surface area contributed by atoms with Crippen LogP contribution < -0.4 is 16.4 Å². The summed E-state index contributed by atoms with van der Waals surface area (Å²) in [5.74, 6) is 0.552. The zero-order valence-electron chi connectivity index (χ0n) is 7.89. The van der Waals surface area contributed by atoms with Crippen molar-refractivity contribution in [2.45, 2.75) is 19.8 Å². The van der Waals surface area contributed by atoms with Gasteiger partial charge < -0.3 is 16.4 Å². The van der Waals surface area contributed by atoms with E-state index >= 15 is 0 Å². The lowest BCUT2D eigenvalue weighted by Crippen LogP contribution is -2.33. The summed E-state index contributed by atoms with van der Waals surface area (Å²) in [5.41, 5.74) is 5.44. The lowest BCUT2D eigenvalue weighted by atomic mass is 10.1. The second-order valence-electron chi connectivity index (χ2n) is 2.99. The molecular formula is C8H19N3O. The number of hydrogen-bond donors (Lipinski definition) is 3. The Bertz CT molecular complexity index is 127.